The van der Waals surface area contributed by atoms with Gasteiger partial charge in [-0.25, -0.2) is 4.98 Å². The largest absolute Gasteiger partial charge is 0.365 e. The fourth-order valence-electron chi connectivity index (χ4n) is 5.10. The first-order chi connectivity index (χ1) is 13.5. The van der Waals surface area contributed by atoms with Gasteiger partial charge in [-0.1, -0.05) is 0 Å². The number of amides is 3. The van der Waals surface area contributed by atoms with Crippen molar-refractivity contribution in [3.63, 3.8) is 0 Å². The maximum absolute atomic E-state index is 13.0. The molecule has 152 valence electrons. The van der Waals surface area contributed by atoms with Crippen LogP contribution in [0.15, 0.2) is 5.38 Å². The normalized spacial score (nSPS) is 29.3. The van der Waals surface area contributed by atoms with Crippen LogP contribution >= 0.6 is 11.3 Å². The molecular formula is C19H27N5O3S. The number of carbonyl (C=O) groups is 3. The summed E-state index contributed by atoms with van der Waals surface area (Å²) in [4.78, 5) is 45.6. The zero-order valence-electron chi connectivity index (χ0n) is 16.3. The molecule has 0 unspecified atom stereocenters. The van der Waals surface area contributed by atoms with E-state index in [0.29, 0.717) is 37.7 Å². The van der Waals surface area contributed by atoms with Crippen LogP contribution in [-0.4, -0.2) is 71.3 Å². The van der Waals surface area contributed by atoms with Crippen LogP contribution < -0.4 is 10.6 Å². The van der Waals surface area contributed by atoms with Gasteiger partial charge in [-0.2, -0.15) is 0 Å². The van der Waals surface area contributed by atoms with Crippen molar-refractivity contribution in [3.05, 3.63) is 11.1 Å². The summed E-state index contributed by atoms with van der Waals surface area (Å²) >= 11 is 1.42. The van der Waals surface area contributed by atoms with Crippen molar-refractivity contribution in [3.8, 4) is 0 Å². The summed E-state index contributed by atoms with van der Waals surface area (Å²) in [5.74, 6) is 0.535. The predicted octanol–water partition coefficient (Wildman–Crippen LogP) is 1.16. The number of carbonyl (C=O) groups excluding carboxylic acids is 3. The molecule has 3 fully saturated rings. The molecule has 0 saturated carbocycles. The van der Waals surface area contributed by atoms with Gasteiger partial charge in [0.25, 0.3) is 5.91 Å². The number of likely N-dealkylation sites (tertiary alicyclic amines) is 1. The summed E-state index contributed by atoms with van der Waals surface area (Å²) < 4.78 is 0. The van der Waals surface area contributed by atoms with Crippen LogP contribution in [-0.2, 0) is 9.59 Å². The monoisotopic (exact) mass is 405 g/mol. The summed E-state index contributed by atoms with van der Waals surface area (Å²) in [6.07, 6.45) is 3.46. The maximum Gasteiger partial charge on any atom is 0.273 e. The van der Waals surface area contributed by atoms with Gasteiger partial charge < -0.3 is 20.4 Å². The van der Waals surface area contributed by atoms with Crippen molar-refractivity contribution in [1.29, 1.82) is 0 Å². The Labute approximate surface area is 168 Å². The van der Waals surface area contributed by atoms with Gasteiger partial charge in [0.15, 0.2) is 5.13 Å². The highest BCUT2D eigenvalue weighted by atomic mass is 32.1. The number of rotatable bonds is 4. The molecule has 1 aromatic heterocycles. The summed E-state index contributed by atoms with van der Waals surface area (Å²) in [6, 6.07) is 0.118. The Bertz CT molecular complexity index is 781. The topological polar surface area (TPSA) is 94.6 Å². The molecule has 0 spiro atoms. The summed E-state index contributed by atoms with van der Waals surface area (Å²) in [5.41, 5.74) is 0.476. The molecule has 3 aliphatic heterocycles. The Morgan fingerprint density at radius 1 is 1.32 bits per heavy atom. The lowest BCUT2D eigenvalue weighted by Crippen LogP contribution is -2.67. The molecule has 9 heteroatoms. The zero-order chi connectivity index (χ0) is 19.8. The van der Waals surface area contributed by atoms with E-state index in [4.69, 9.17) is 0 Å². The minimum atomic E-state index is -0.0889. The van der Waals surface area contributed by atoms with E-state index in [1.165, 1.54) is 18.3 Å². The van der Waals surface area contributed by atoms with Crippen molar-refractivity contribution in [2.24, 2.45) is 11.8 Å². The molecule has 0 aliphatic carbocycles. The van der Waals surface area contributed by atoms with Crippen molar-refractivity contribution >= 4 is 34.2 Å². The summed E-state index contributed by atoms with van der Waals surface area (Å²) in [7, 11) is 1.79. The maximum atomic E-state index is 13.0. The standard InChI is InChI=1S/C19H27N5O3S/c1-11(25)21-7-16-13-6-12(15-4-3-5-17(26)24(15)16)8-23(9-13)18(27)14-10-28-19(20-2)22-14/h10,12-13,15-16H,3-9H2,1-2H3,(H,20,22)(H,21,25)/t12-,13+,15+,16+/m1/s1. The van der Waals surface area contributed by atoms with Crippen molar-refractivity contribution in [2.45, 2.75) is 44.7 Å². The first kappa shape index (κ1) is 19.2. The minimum Gasteiger partial charge on any atom is -0.365 e. The second-order valence-corrected chi connectivity index (χ2v) is 8.88. The third-order valence-corrected chi connectivity index (χ3v) is 7.14. The van der Waals surface area contributed by atoms with Crippen LogP contribution in [0, 0.1) is 11.8 Å². The molecule has 3 saturated heterocycles. The van der Waals surface area contributed by atoms with Gasteiger partial charge in [0.2, 0.25) is 11.8 Å². The highest BCUT2D eigenvalue weighted by Crippen LogP contribution is 2.41. The van der Waals surface area contributed by atoms with Gasteiger partial charge in [-0.15, -0.1) is 11.3 Å². The Morgan fingerprint density at radius 2 is 2.11 bits per heavy atom. The molecule has 0 aromatic carbocycles. The first-order valence-corrected chi connectivity index (χ1v) is 10.8. The summed E-state index contributed by atoms with van der Waals surface area (Å²) in [5, 5.41) is 8.40. The molecule has 1 aromatic rings. The number of thiazole rings is 1. The minimum absolute atomic E-state index is 0.0405. The molecule has 0 radical (unpaired) electrons. The van der Waals surface area contributed by atoms with Crippen LogP contribution in [0.5, 0.6) is 0 Å². The van der Waals surface area contributed by atoms with Crippen LogP contribution in [0.3, 0.4) is 0 Å². The Kier molecular flexibility index (Phi) is 5.27. The molecule has 2 N–H and O–H groups in total. The van der Waals surface area contributed by atoms with Crippen molar-refractivity contribution in [2.75, 3.05) is 32.0 Å². The van der Waals surface area contributed by atoms with Gasteiger partial charge in [0, 0.05) is 51.4 Å². The number of anilines is 1. The van der Waals surface area contributed by atoms with E-state index in [9.17, 15) is 14.4 Å². The van der Waals surface area contributed by atoms with Crippen molar-refractivity contribution < 1.29 is 14.4 Å². The number of nitrogens with one attached hydrogen (secondary N) is 2. The average molecular weight is 406 g/mol. The van der Waals surface area contributed by atoms with Gasteiger partial charge in [-0.05, 0) is 31.1 Å². The number of hydrogen-bond acceptors (Lipinski definition) is 6. The van der Waals surface area contributed by atoms with Crippen molar-refractivity contribution in [1.82, 2.24) is 20.1 Å². The lowest BCUT2D eigenvalue weighted by molar-refractivity contribution is -0.151. The summed E-state index contributed by atoms with van der Waals surface area (Å²) in [6.45, 7) is 3.22. The molecule has 3 amide bonds. The average Bonchev–Trinajstić information content (AvgIpc) is 3.16. The van der Waals surface area contributed by atoms with E-state index in [1.807, 2.05) is 9.80 Å². The van der Waals surface area contributed by atoms with Crippen LogP contribution in [0.1, 0.15) is 43.1 Å². The molecule has 4 atom stereocenters. The highest BCUT2D eigenvalue weighted by Gasteiger charge is 2.50. The second-order valence-electron chi connectivity index (χ2n) is 8.02. The van der Waals surface area contributed by atoms with Gasteiger partial charge >= 0.3 is 0 Å². The molecular weight excluding hydrogens is 378 g/mol. The van der Waals surface area contributed by atoms with E-state index in [0.717, 1.165) is 24.4 Å². The van der Waals surface area contributed by atoms with E-state index < -0.39 is 0 Å². The van der Waals surface area contributed by atoms with Crippen LogP contribution in [0.4, 0.5) is 5.13 Å². The van der Waals surface area contributed by atoms with E-state index in [-0.39, 0.29) is 35.7 Å². The molecule has 8 nitrogen and oxygen atoms in total. The molecule has 4 rings (SSSR count). The second kappa shape index (κ2) is 7.69. The number of fused-ring (bicyclic) bond motifs is 4. The number of piperidine rings is 3. The lowest BCUT2D eigenvalue weighted by atomic mass is 9.72. The first-order valence-electron chi connectivity index (χ1n) is 9.96. The van der Waals surface area contributed by atoms with E-state index in [2.05, 4.69) is 15.6 Å². The highest BCUT2D eigenvalue weighted by molar-refractivity contribution is 7.13. The molecule has 4 heterocycles. The molecule has 3 aliphatic rings. The van der Waals surface area contributed by atoms with E-state index >= 15 is 0 Å². The van der Waals surface area contributed by atoms with Crippen LogP contribution in [0.25, 0.3) is 0 Å². The zero-order valence-corrected chi connectivity index (χ0v) is 17.1. The smallest absolute Gasteiger partial charge is 0.273 e. The quantitative estimate of drug-likeness (QED) is 0.784. The SMILES string of the molecule is CNc1nc(C(=O)N2C[C@H]3C[C@@H](C2)[C@H](CNC(C)=O)N2C(=O)CCC[C@@H]32)cs1. The third-order valence-electron chi connectivity index (χ3n) is 6.28. The number of hydrogen-bond donors (Lipinski definition) is 2. The number of aromatic nitrogens is 1. The van der Waals surface area contributed by atoms with Gasteiger partial charge in [-0.3, -0.25) is 14.4 Å². The lowest BCUT2D eigenvalue weighted by Gasteiger charge is -2.56. The fourth-order valence-corrected chi connectivity index (χ4v) is 5.75. The third kappa shape index (κ3) is 3.47. The Balaban J connectivity index is 1.57. The molecule has 28 heavy (non-hydrogen) atoms. The Hall–Kier alpha value is -2.16. The number of nitrogens with zero attached hydrogens (tertiary/aromatic N) is 3. The Morgan fingerprint density at radius 3 is 2.82 bits per heavy atom. The van der Waals surface area contributed by atoms with Gasteiger partial charge in [0.1, 0.15) is 5.69 Å². The van der Waals surface area contributed by atoms with E-state index in [1.54, 1.807) is 12.4 Å². The predicted molar refractivity (Wildman–Crippen MR) is 106 cm³/mol. The van der Waals surface area contributed by atoms with Crippen LogP contribution in [0.2, 0.25) is 0 Å². The molecule has 2 bridgehead atoms. The van der Waals surface area contributed by atoms with Gasteiger partial charge in [0.05, 0.1) is 6.04 Å². The fraction of sp³-hybridized carbons (Fsp3) is 0.684.